The first-order valence-electron chi connectivity index (χ1n) is 4.33. The molecule has 0 amide bonds. The standard InChI is InChI=1S/C9H11N3OS/c1-6-3-4-7(14-6)9-12-11-8(13-9)5-10-2/h3-4,10H,5H2,1-2H3. The topological polar surface area (TPSA) is 51.0 Å². The van der Waals surface area contributed by atoms with Crippen LogP contribution in [0.3, 0.4) is 0 Å². The summed E-state index contributed by atoms with van der Waals surface area (Å²) in [6.45, 7) is 2.66. The van der Waals surface area contributed by atoms with E-state index in [-0.39, 0.29) is 0 Å². The van der Waals surface area contributed by atoms with Crippen molar-refractivity contribution in [2.45, 2.75) is 13.5 Å². The number of nitrogens with one attached hydrogen (secondary N) is 1. The second-order valence-electron chi connectivity index (χ2n) is 2.94. The van der Waals surface area contributed by atoms with Gasteiger partial charge in [-0.2, -0.15) is 0 Å². The summed E-state index contributed by atoms with van der Waals surface area (Å²) in [6, 6.07) is 4.04. The van der Waals surface area contributed by atoms with Gasteiger partial charge in [0, 0.05) is 4.88 Å². The Bertz CT molecular complexity index is 421. The van der Waals surface area contributed by atoms with Gasteiger partial charge in [0.15, 0.2) is 0 Å². The molecule has 2 rings (SSSR count). The number of hydrogen-bond donors (Lipinski definition) is 1. The van der Waals surface area contributed by atoms with E-state index in [1.165, 1.54) is 4.88 Å². The van der Waals surface area contributed by atoms with Gasteiger partial charge in [0.2, 0.25) is 5.89 Å². The lowest BCUT2D eigenvalue weighted by molar-refractivity contribution is 0.491. The molecular weight excluding hydrogens is 198 g/mol. The van der Waals surface area contributed by atoms with Crippen molar-refractivity contribution < 1.29 is 4.42 Å². The number of aryl methyl sites for hydroxylation is 1. The molecule has 0 bridgehead atoms. The van der Waals surface area contributed by atoms with Crippen molar-refractivity contribution >= 4 is 11.3 Å². The first-order chi connectivity index (χ1) is 6.79. The Balaban J connectivity index is 2.24. The minimum absolute atomic E-state index is 0.605. The van der Waals surface area contributed by atoms with E-state index in [9.17, 15) is 0 Å². The smallest absolute Gasteiger partial charge is 0.257 e. The lowest BCUT2D eigenvalue weighted by Gasteiger charge is -1.89. The van der Waals surface area contributed by atoms with E-state index in [4.69, 9.17) is 4.42 Å². The molecule has 0 atom stereocenters. The van der Waals surface area contributed by atoms with E-state index in [1.807, 2.05) is 19.2 Å². The van der Waals surface area contributed by atoms with E-state index in [2.05, 4.69) is 22.4 Å². The maximum absolute atomic E-state index is 5.45. The van der Waals surface area contributed by atoms with Gasteiger partial charge in [-0.1, -0.05) is 0 Å². The highest BCUT2D eigenvalue weighted by Crippen LogP contribution is 2.26. The van der Waals surface area contributed by atoms with E-state index in [0.29, 0.717) is 18.3 Å². The molecule has 2 heterocycles. The fourth-order valence-electron chi connectivity index (χ4n) is 1.13. The molecular formula is C9H11N3OS. The molecule has 0 aliphatic carbocycles. The quantitative estimate of drug-likeness (QED) is 0.837. The van der Waals surface area contributed by atoms with Gasteiger partial charge in [0.05, 0.1) is 11.4 Å². The summed E-state index contributed by atoms with van der Waals surface area (Å²) < 4.78 is 5.45. The average Bonchev–Trinajstić information content (AvgIpc) is 2.74. The lowest BCUT2D eigenvalue weighted by atomic mass is 10.4. The first kappa shape index (κ1) is 9.36. The molecule has 0 saturated carbocycles. The zero-order chi connectivity index (χ0) is 9.97. The van der Waals surface area contributed by atoms with Crippen molar-refractivity contribution in [1.82, 2.24) is 15.5 Å². The van der Waals surface area contributed by atoms with E-state index in [0.717, 1.165) is 4.88 Å². The molecule has 0 aliphatic heterocycles. The van der Waals surface area contributed by atoms with Crippen molar-refractivity contribution in [3.05, 3.63) is 22.9 Å². The van der Waals surface area contributed by atoms with Gasteiger partial charge >= 0.3 is 0 Å². The Morgan fingerprint density at radius 3 is 2.93 bits per heavy atom. The third kappa shape index (κ3) is 1.83. The predicted molar refractivity (Wildman–Crippen MR) is 55.1 cm³/mol. The Morgan fingerprint density at radius 2 is 2.29 bits per heavy atom. The van der Waals surface area contributed by atoms with Crippen molar-refractivity contribution in [2.24, 2.45) is 0 Å². The van der Waals surface area contributed by atoms with Crippen LogP contribution in [0.1, 0.15) is 10.8 Å². The highest BCUT2D eigenvalue weighted by atomic mass is 32.1. The summed E-state index contributed by atoms with van der Waals surface area (Å²) in [5.41, 5.74) is 0. The molecule has 0 spiro atoms. The molecule has 0 unspecified atom stereocenters. The number of nitrogens with zero attached hydrogens (tertiary/aromatic N) is 2. The fraction of sp³-hybridized carbons (Fsp3) is 0.333. The summed E-state index contributed by atoms with van der Waals surface area (Å²) in [7, 11) is 1.85. The number of hydrogen-bond acceptors (Lipinski definition) is 5. The molecule has 0 radical (unpaired) electrons. The first-order valence-corrected chi connectivity index (χ1v) is 5.15. The van der Waals surface area contributed by atoms with Gasteiger partial charge in [0.1, 0.15) is 0 Å². The van der Waals surface area contributed by atoms with Crippen molar-refractivity contribution in [3.8, 4) is 10.8 Å². The molecule has 0 aliphatic rings. The molecule has 4 nitrogen and oxygen atoms in total. The van der Waals surface area contributed by atoms with Crippen molar-refractivity contribution in [3.63, 3.8) is 0 Å². The Morgan fingerprint density at radius 1 is 1.43 bits per heavy atom. The maximum Gasteiger partial charge on any atom is 0.257 e. The van der Waals surface area contributed by atoms with Crippen LogP contribution in [0.25, 0.3) is 10.8 Å². The van der Waals surface area contributed by atoms with Crippen LogP contribution in [-0.2, 0) is 6.54 Å². The molecule has 1 N–H and O–H groups in total. The Labute approximate surface area is 86.0 Å². The zero-order valence-electron chi connectivity index (χ0n) is 8.07. The summed E-state index contributed by atoms with van der Waals surface area (Å²) >= 11 is 1.66. The van der Waals surface area contributed by atoms with Crippen LogP contribution in [0.15, 0.2) is 16.5 Å². The van der Waals surface area contributed by atoms with Gasteiger partial charge in [-0.05, 0) is 26.1 Å². The maximum atomic E-state index is 5.45. The van der Waals surface area contributed by atoms with Gasteiger partial charge < -0.3 is 9.73 Å². The van der Waals surface area contributed by atoms with Crippen LogP contribution in [0.4, 0.5) is 0 Å². The van der Waals surface area contributed by atoms with Crippen molar-refractivity contribution in [1.29, 1.82) is 0 Å². The van der Waals surface area contributed by atoms with E-state index >= 15 is 0 Å². The van der Waals surface area contributed by atoms with Gasteiger partial charge in [-0.15, -0.1) is 21.5 Å². The van der Waals surface area contributed by atoms with Crippen LogP contribution < -0.4 is 5.32 Å². The molecule has 74 valence electrons. The molecule has 0 aromatic carbocycles. The second kappa shape index (κ2) is 3.89. The molecule has 0 fully saturated rings. The third-order valence-corrected chi connectivity index (χ3v) is 2.73. The minimum atomic E-state index is 0.605. The fourth-order valence-corrected chi connectivity index (χ4v) is 1.91. The number of thiophene rings is 1. The summed E-state index contributed by atoms with van der Waals surface area (Å²) in [5.74, 6) is 1.22. The average molecular weight is 209 g/mol. The molecule has 2 aromatic heterocycles. The minimum Gasteiger partial charge on any atom is -0.419 e. The monoisotopic (exact) mass is 209 g/mol. The molecule has 2 aromatic rings. The molecule has 5 heteroatoms. The predicted octanol–water partition coefficient (Wildman–Crippen LogP) is 1.83. The molecule has 14 heavy (non-hydrogen) atoms. The Hall–Kier alpha value is -1.20. The lowest BCUT2D eigenvalue weighted by Crippen LogP contribution is -2.04. The highest BCUT2D eigenvalue weighted by molar-refractivity contribution is 7.15. The summed E-state index contributed by atoms with van der Waals surface area (Å²) in [5, 5.41) is 10.9. The highest BCUT2D eigenvalue weighted by Gasteiger charge is 2.09. The van der Waals surface area contributed by atoms with Gasteiger partial charge in [-0.25, -0.2) is 0 Å². The summed E-state index contributed by atoms with van der Waals surface area (Å²) in [6.07, 6.45) is 0. The van der Waals surface area contributed by atoms with E-state index < -0.39 is 0 Å². The van der Waals surface area contributed by atoms with Crippen LogP contribution in [-0.4, -0.2) is 17.2 Å². The van der Waals surface area contributed by atoms with Crippen molar-refractivity contribution in [2.75, 3.05) is 7.05 Å². The normalized spacial score (nSPS) is 10.7. The Kier molecular flexibility index (Phi) is 2.60. The van der Waals surface area contributed by atoms with Gasteiger partial charge in [0.25, 0.3) is 5.89 Å². The van der Waals surface area contributed by atoms with Gasteiger partial charge in [-0.3, -0.25) is 0 Å². The number of aromatic nitrogens is 2. The SMILES string of the molecule is CNCc1nnc(-c2ccc(C)s2)o1. The van der Waals surface area contributed by atoms with Crippen LogP contribution in [0.2, 0.25) is 0 Å². The third-order valence-electron chi connectivity index (χ3n) is 1.75. The largest absolute Gasteiger partial charge is 0.419 e. The zero-order valence-corrected chi connectivity index (χ0v) is 8.89. The second-order valence-corrected chi connectivity index (χ2v) is 4.23. The van der Waals surface area contributed by atoms with E-state index in [1.54, 1.807) is 11.3 Å². The van der Waals surface area contributed by atoms with Crippen LogP contribution >= 0.6 is 11.3 Å². The molecule has 0 saturated heterocycles. The van der Waals surface area contributed by atoms with Crippen LogP contribution in [0.5, 0.6) is 0 Å². The summed E-state index contributed by atoms with van der Waals surface area (Å²) in [4.78, 5) is 2.27. The number of rotatable bonds is 3. The van der Waals surface area contributed by atoms with Crippen LogP contribution in [0, 0.1) is 6.92 Å².